The summed E-state index contributed by atoms with van der Waals surface area (Å²) in [5, 5.41) is 13.9. The van der Waals surface area contributed by atoms with Gasteiger partial charge in [0.05, 0.1) is 12.6 Å². The molecule has 21 heavy (non-hydrogen) atoms. The van der Waals surface area contributed by atoms with Gasteiger partial charge in [-0.15, -0.1) is 0 Å². The second kappa shape index (κ2) is 6.94. The average molecular weight is 294 g/mol. The van der Waals surface area contributed by atoms with Gasteiger partial charge in [0.2, 0.25) is 6.79 Å². The fourth-order valence-electron chi connectivity index (χ4n) is 1.84. The topological polar surface area (TPSA) is 96.9 Å². The van der Waals surface area contributed by atoms with E-state index in [9.17, 15) is 9.59 Å². The van der Waals surface area contributed by atoms with E-state index in [-0.39, 0.29) is 19.9 Å². The van der Waals surface area contributed by atoms with Crippen molar-refractivity contribution in [2.24, 2.45) is 0 Å². The second-order valence-electron chi connectivity index (χ2n) is 4.63. The fraction of sp³-hybridized carbons (Fsp3) is 0.429. The molecular formula is C14H18N2O5. The van der Waals surface area contributed by atoms with Gasteiger partial charge in [-0.1, -0.05) is 13.0 Å². The van der Waals surface area contributed by atoms with Crippen molar-refractivity contribution in [1.29, 1.82) is 0 Å². The molecule has 0 unspecified atom stereocenters. The average Bonchev–Trinajstić information content (AvgIpc) is 2.97. The van der Waals surface area contributed by atoms with Gasteiger partial charge in [-0.2, -0.15) is 0 Å². The molecule has 0 radical (unpaired) electrons. The van der Waals surface area contributed by atoms with Crippen LogP contribution >= 0.6 is 0 Å². The minimum Gasteiger partial charge on any atom is -0.454 e. The Morgan fingerprint density at radius 1 is 1.29 bits per heavy atom. The van der Waals surface area contributed by atoms with E-state index in [4.69, 9.17) is 14.6 Å². The van der Waals surface area contributed by atoms with E-state index in [0.29, 0.717) is 17.9 Å². The first kappa shape index (κ1) is 15.1. The van der Waals surface area contributed by atoms with Gasteiger partial charge in [0.15, 0.2) is 11.5 Å². The van der Waals surface area contributed by atoms with Crippen molar-refractivity contribution in [3.05, 3.63) is 23.8 Å². The van der Waals surface area contributed by atoms with Crippen molar-refractivity contribution < 1.29 is 24.2 Å². The second-order valence-corrected chi connectivity index (χ2v) is 4.63. The Morgan fingerprint density at radius 3 is 2.76 bits per heavy atom. The van der Waals surface area contributed by atoms with E-state index in [1.165, 1.54) is 0 Å². The maximum Gasteiger partial charge on any atom is 0.309 e. The molecule has 0 fully saturated rings. The van der Waals surface area contributed by atoms with E-state index >= 15 is 0 Å². The molecule has 1 aromatic rings. The third-order valence-electron chi connectivity index (χ3n) is 3.14. The lowest BCUT2D eigenvalue weighted by Gasteiger charge is -2.13. The third-order valence-corrected chi connectivity index (χ3v) is 3.14. The van der Waals surface area contributed by atoms with Crippen molar-refractivity contribution in [2.75, 3.05) is 13.4 Å². The van der Waals surface area contributed by atoms with Crippen molar-refractivity contribution >= 4 is 11.8 Å². The Bertz CT molecular complexity index is 528. The summed E-state index contributed by atoms with van der Waals surface area (Å²) in [7, 11) is 0. The van der Waals surface area contributed by atoms with Crippen LogP contribution in [0.25, 0.3) is 0 Å². The summed E-state index contributed by atoms with van der Waals surface area (Å²) in [6.45, 7) is 2.01. The van der Waals surface area contributed by atoms with Crippen molar-refractivity contribution in [3.8, 4) is 11.5 Å². The molecule has 7 heteroatoms. The van der Waals surface area contributed by atoms with Crippen LogP contribution in [0.15, 0.2) is 18.2 Å². The van der Waals surface area contributed by atoms with Gasteiger partial charge in [-0.05, 0) is 24.1 Å². The summed E-state index contributed by atoms with van der Waals surface area (Å²) < 4.78 is 10.4. The van der Waals surface area contributed by atoms with Crippen molar-refractivity contribution in [1.82, 2.24) is 10.6 Å². The molecule has 1 heterocycles. The first-order valence-electron chi connectivity index (χ1n) is 6.72. The highest BCUT2D eigenvalue weighted by molar-refractivity contribution is 6.35. The molecule has 0 saturated heterocycles. The van der Waals surface area contributed by atoms with Crippen LogP contribution in [0, 0.1) is 0 Å². The molecule has 0 bridgehead atoms. The normalized spacial score (nSPS) is 13.6. The number of hydrogen-bond donors (Lipinski definition) is 3. The highest BCUT2D eigenvalue weighted by atomic mass is 16.7. The molecule has 7 nitrogen and oxygen atoms in total. The third kappa shape index (κ3) is 3.85. The summed E-state index contributed by atoms with van der Waals surface area (Å²) in [6.07, 6.45) is 0.553. The number of ether oxygens (including phenoxy) is 2. The minimum absolute atomic E-state index is 0.188. The summed E-state index contributed by atoms with van der Waals surface area (Å²) in [4.78, 5) is 23.3. The molecule has 1 aromatic carbocycles. The van der Waals surface area contributed by atoms with Crippen LogP contribution in [0.3, 0.4) is 0 Å². The largest absolute Gasteiger partial charge is 0.454 e. The standard InChI is InChI=1S/C14H18N2O5/c1-2-10(7-17)16-14(19)13(18)15-6-9-3-4-11-12(5-9)21-8-20-11/h3-5,10,17H,2,6-8H2,1H3,(H,15,18)(H,16,19)/t10-/m1/s1. The zero-order valence-corrected chi connectivity index (χ0v) is 11.7. The van der Waals surface area contributed by atoms with Crippen LogP contribution in [0.2, 0.25) is 0 Å². The predicted octanol–water partition coefficient (Wildman–Crippen LogP) is -0.0814. The van der Waals surface area contributed by atoms with Gasteiger partial charge < -0.3 is 25.2 Å². The van der Waals surface area contributed by atoms with Gasteiger partial charge in [-0.25, -0.2) is 0 Å². The van der Waals surface area contributed by atoms with Crippen LogP contribution in [0.1, 0.15) is 18.9 Å². The number of carbonyl (C=O) groups is 2. The highest BCUT2D eigenvalue weighted by Gasteiger charge is 2.17. The SMILES string of the molecule is CC[C@H](CO)NC(=O)C(=O)NCc1ccc2c(c1)OCO2. The van der Waals surface area contributed by atoms with Crippen LogP contribution in [0.4, 0.5) is 0 Å². The Kier molecular flexibility index (Phi) is 4.99. The highest BCUT2D eigenvalue weighted by Crippen LogP contribution is 2.32. The zero-order chi connectivity index (χ0) is 15.2. The molecule has 2 rings (SSSR count). The number of aliphatic hydroxyl groups is 1. The number of benzene rings is 1. The Morgan fingerprint density at radius 2 is 2.05 bits per heavy atom. The molecule has 2 amide bonds. The number of fused-ring (bicyclic) bond motifs is 1. The Hall–Kier alpha value is -2.28. The lowest BCUT2D eigenvalue weighted by molar-refractivity contribution is -0.139. The van der Waals surface area contributed by atoms with Gasteiger partial charge in [0, 0.05) is 6.54 Å². The first-order chi connectivity index (χ1) is 10.1. The number of aliphatic hydroxyl groups excluding tert-OH is 1. The van der Waals surface area contributed by atoms with E-state index < -0.39 is 17.9 Å². The predicted molar refractivity (Wildman–Crippen MR) is 73.7 cm³/mol. The Balaban J connectivity index is 1.85. The molecule has 114 valence electrons. The van der Waals surface area contributed by atoms with E-state index in [1.54, 1.807) is 18.2 Å². The smallest absolute Gasteiger partial charge is 0.309 e. The minimum atomic E-state index is -0.753. The van der Waals surface area contributed by atoms with E-state index in [2.05, 4.69) is 10.6 Å². The number of rotatable bonds is 5. The molecule has 3 N–H and O–H groups in total. The summed E-state index contributed by atoms with van der Waals surface area (Å²) in [5.41, 5.74) is 0.801. The molecule has 0 spiro atoms. The molecular weight excluding hydrogens is 276 g/mol. The van der Waals surface area contributed by atoms with Gasteiger partial charge in [0.25, 0.3) is 0 Å². The van der Waals surface area contributed by atoms with Crippen LogP contribution in [-0.2, 0) is 16.1 Å². The fourth-order valence-corrected chi connectivity index (χ4v) is 1.84. The van der Waals surface area contributed by atoms with Gasteiger partial charge in [0.1, 0.15) is 0 Å². The molecule has 0 aromatic heterocycles. The van der Waals surface area contributed by atoms with Crippen LogP contribution in [0.5, 0.6) is 11.5 Å². The summed E-state index contributed by atoms with van der Waals surface area (Å²) in [6, 6.07) is 4.88. The maximum absolute atomic E-state index is 11.7. The summed E-state index contributed by atoms with van der Waals surface area (Å²) >= 11 is 0. The summed E-state index contributed by atoms with van der Waals surface area (Å²) in [5.74, 6) is -0.203. The molecule has 1 aliphatic rings. The monoisotopic (exact) mass is 294 g/mol. The number of nitrogens with one attached hydrogen (secondary N) is 2. The van der Waals surface area contributed by atoms with Gasteiger partial charge >= 0.3 is 11.8 Å². The molecule has 0 saturated carbocycles. The quantitative estimate of drug-likeness (QED) is 0.660. The molecule has 1 aliphatic heterocycles. The Labute approximate surface area is 122 Å². The van der Waals surface area contributed by atoms with E-state index in [1.807, 2.05) is 6.92 Å². The van der Waals surface area contributed by atoms with E-state index in [0.717, 1.165) is 5.56 Å². The molecule has 1 atom stereocenters. The zero-order valence-electron chi connectivity index (χ0n) is 11.7. The first-order valence-corrected chi connectivity index (χ1v) is 6.72. The number of carbonyl (C=O) groups excluding carboxylic acids is 2. The lowest BCUT2D eigenvalue weighted by atomic mass is 10.2. The van der Waals surface area contributed by atoms with Crippen LogP contribution in [-0.4, -0.2) is 36.4 Å². The maximum atomic E-state index is 11.7. The number of amides is 2. The van der Waals surface area contributed by atoms with Crippen LogP contribution < -0.4 is 20.1 Å². The number of hydrogen-bond acceptors (Lipinski definition) is 5. The van der Waals surface area contributed by atoms with Crippen molar-refractivity contribution in [3.63, 3.8) is 0 Å². The lowest BCUT2D eigenvalue weighted by Crippen LogP contribution is -2.45. The van der Waals surface area contributed by atoms with Crippen molar-refractivity contribution in [2.45, 2.75) is 25.9 Å². The molecule has 0 aliphatic carbocycles. The van der Waals surface area contributed by atoms with Gasteiger partial charge in [-0.3, -0.25) is 9.59 Å².